The minimum absolute atomic E-state index is 0.470. The third-order valence-corrected chi connectivity index (χ3v) is 3.75. The summed E-state index contributed by atoms with van der Waals surface area (Å²) in [5.41, 5.74) is 2.08. The standard InChI is InChI=1S/C17H17ClN2O/c18-16-5-2-1-4-14(16)12-21-15-8-6-13(7-9-15)17-19-10-3-11-20-17/h1-2,4-9H,3,10-12H2,(H,19,20). The fourth-order valence-corrected chi connectivity index (χ4v) is 2.40. The fourth-order valence-electron chi connectivity index (χ4n) is 2.21. The largest absolute Gasteiger partial charge is 0.489 e. The number of amidine groups is 1. The first-order valence-electron chi connectivity index (χ1n) is 7.08. The number of aliphatic imine (C=N–C) groups is 1. The Balaban J connectivity index is 1.65. The van der Waals surface area contributed by atoms with Crippen molar-refractivity contribution in [3.8, 4) is 5.75 Å². The Morgan fingerprint density at radius 1 is 1.10 bits per heavy atom. The van der Waals surface area contributed by atoms with E-state index in [1.54, 1.807) is 0 Å². The zero-order chi connectivity index (χ0) is 14.5. The SMILES string of the molecule is Clc1ccccc1COc1ccc(C2=NCCCN2)cc1. The number of nitrogens with one attached hydrogen (secondary N) is 1. The molecule has 108 valence electrons. The zero-order valence-corrected chi connectivity index (χ0v) is 12.4. The van der Waals surface area contributed by atoms with Crippen molar-refractivity contribution in [3.05, 3.63) is 64.7 Å². The number of halogens is 1. The lowest BCUT2D eigenvalue weighted by Crippen LogP contribution is -2.30. The van der Waals surface area contributed by atoms with Crippen LogP contribution in [0.4, 0.5) is 0 Å². The van der Waals surface area contributed by atoms with Crippen LogP contribution in [0.15, 0.2) is 53.5 Å². The van der Waals surface area contributed by atoms with Crippen molar-refractivity contribution in [1.29, 1.82) is 0 Å². The first-order chi connectivity index (χ1) is 10.3. The van der Waals surface area contributed by atoms with Gasteiger partial charge in [-0.05, 0) is 36.8 Å². The Hall–Kier alpha value is -2.00. The van der Waals surface area contributed by atoms with Gasteiger partial charge < -0.3 is 10.1 Å². The van der Waals surface area contributed by atoms with Gasteiger partial charge in [0, 0.05) is 29.2 Å². The van der Waals surface area contributed by atoms with Crippen LogP contribution in [0.3, 0.4) is 0 Å². The summed E-state index contributed by atoms with van der Waals surface area (Å²) in [6.45, 7) is 2.36. The monoisotopic (exact) mass is 300 g/mol. The Morgan fingerprint density at radius 3 is 2.62 bits per heavy atom. The summed E-state index contributed by atoms with van der Waals surface area (Å²) in [6, 6.07) is 15.7. The van der Waals surface area contributed by atoms with Gasteiger partial charge in [0.25, 0.3) is 0 Å². The van der Waals surface area contributed by atoms with Crippen LogP contribution >= 0.6 is 11.6 Å². The Kier molecular flexibility index (Phi) is 4.41. The molecule has 0 bridgehead atoms. The average Bonchev–Trinajstić information content (AvgIpc) is 2.55. The predicted octanol–water partition coefficient (Wildman–Crippen LogP) is 3.66. The van der Waals surface area contributed by atoms with Gasteiger partial charge in [0.15, 0.2) is 0 Å². The molecule has 0 unspecified atom stereocenters. The summed E-state index contributed by atoms with van der Waals surface area (Å²) in [5.74, 6) is 1.80. The van der Waals surface area contributed by atoms with Gasteiger partial charge in [0.05, 0.1) is 0 Å². The molecule has 4 heteroatoms. The number of hydrogen-bond donors (Lipinski definition) is 1. The number of ether oxygens (including phenoxy) is 1. The van der Waals surface area contributed by atoms with Crippen LogP contribution in [0.2, 0.25) is 5.02 Å². The highest BCUT2D eigenvalue weighted by Crippen LogP contribution is 2.19. The second-order valence-electron chi connectivity index (χ2n) is 4.92. The van der Waals surface area contributed by atoms with Crippen LogP contribution in [0, 0.1) is 0 Å². The molecule has 1 aliphatic heterocycles. The van der Waals surface area contributed by atoms with Gasteiger partial charge in [0.1, 0.15) is 18.2 Å². The Bertz CT molecular complexity index is 637. The summed E-state index contributed by atoms with van der Waals surface area (Å²) in [7, 11) is 0. The van der Waals surface area contributed by atoms with E-state index in [4.69, 9.17) is 16.3 Å². The molecule has 1 aliphatic rings. The van der Waals surface area contributed by atoms with Gasteiger partial charge in [-0.2, -0.15) is 0 Å². The maximum Gasteiger partial charge on any atom is 0.128 e. The van der Waals surface area contributed by atoms with Crippen LogP contribution in [0.5, 0.6) is 5.75 Å². The van der Waals surface area contributed by atoms with Crippen LogP contribution in [-0.2, 0) is 6.61 Å². The highest BCUT2D eigenvalue weighted by atomic mass is 35.5. The lowest BCUT2D eigenvalue weighted by atomic mass is 10.1. The van der Waals surface area contributed by atoms with Crippen molar-refractivity contribution >= 4 is 17.4 Å². The third-order valence-electron chi connectivity index (χ3n) is 3.38. The van der Waals surface area contributed by atoms with Gasteiger partial charge in [-0.1, -0.05) is 29.8 Å². The highest BCUT2D eigenvalue weighted by Gasteiger charge is 2.07. The van der Waals surface area contributed by atoms with Crippen LogP contribution in [0.25, 0.3) is 0 Å². The predicted molar refractivity (Wildman–Crippen MR) is 86.2 cm³/mol. The van der Waals surface area contributed by atoms with Crippen molar-refractivity contribution in [3.63, 3.8) is 0 Å². The zero-order valence-electron chi connectivity index (χ0n) is 11.7. The molecule has 0 fully saturated rings. The molecule has 0 amide bonds. The molecule has 21 heavy (non-hydrogen) atoms. The molecule has 0 atom stereocenters. The van der Waals surface area contributed by atoms with Gasteiger partial charge >= 0.3 is 0 Å². The number of rotatable bonds is 4. The summed E-state index contributed by atoms with van der Waals surface area (Å²) in [4.78, 5) is 4.48. The van der Waals surface area contributed by atoms with E-state index in [2.05, 4.69) is 10.3 Å². The second kappa shape index (κ2) is 6.64. The van der Waals surface area contributed by atoms with E-state index in [1.165, 1.54) is 0 Å². The summed E-state index contributed by atoms with van der Waals surface area (Å²) < 4.78 is 5.77. The summed E-state index contributed by atoms with van der Waals surface area (Å²) in [6.07, 6.45) is 1.10. The average molecular weight is 301 g/mol. The maximum absolute atomic E-state index is 6.11. The molecule has 0 aliphatic carbocycles. The normalized spacial score (nSPS) is 14.2. The van der Waals surface area contributed by atoms with E-state index in [9.17, 15) is 0 Å². The van der Waals surface area contributed by atoms with Gasteiger partial charge in [-0.25, -0.2) is 0 Å². The smallest absolute Gasteiger partial charge is 0.128 e. The number of nitrogens with zero attached hydrogens (tertiary/aromatic N) is 1. The molecule has 2 aromatic rings. The lowest BCUT2D eigenvalue weighted by Gasteiger charge is -2.15. The molecule has 0 aromatic heterocycles. The molecule has 1 N–H and O–H groups in total. The lowest BCUT2D eigenvalue weighted by molar-refractivity contribution is 0.306. The van der Waals surface area contributed by atoms with E-state index in [0.29, 0.717) is 6.61 Å². The highest BCUT2D eigenvalue weighted by molar-refractivity contribution is 6.31. The van der Waals surface area contributed by atoms with Crippen LogP contribution < -0.4 is 10.1 Å². The molecular weight excluding hydrogens is 284 g/mol. The van der Waals surface area contributed by atoms with Crippen molar-refractivity contribution in [2.75, 3.05) is 13.1 Å². The van der Waals surface area contributed by atoms with E-state index in [0.717, 1.165) is 47.2 Å². The van der Waals surface area contributed by atoms with E-state index < -0.39 is 0 Å². The first kappa shape index (κ1) is 14.0. The van der Waals surface area contributed by atoms with Crippen molar-refractivity contribution < 1.29 is 4.74 Å². The van der Waals surface area contributed by atoms with Crippen molar-refractivity contribution in [1.82, 2.24) is 5.32 Å². The molecule has 1 heterocycles. The van der Waals surface area contributed by atoms with Crippen molar-refractivity contribution in [2.45, 2.75) is 13.0 Å². The fraction of sp³-hybridized carbons (Fsp3) is 0.235. The molecule has 3 rings (SSSR count). The molecular formula is C17H17ClN2O. The number of benzene rings is 2. The number of hydrogen-bond acceptors (Lipinski definition) is 3. The Morgan fingerprint density at radius 2 is 1.90 bits per heavy atom. The van der Waals surface area contributed by atoms with Gasteiger partial charge in [-0.3, -0.25) is 4.99 Å². The quantitative estimate of drug-likeness (QED) is 0.935. The van der Waals surface area contributed by atoms with E-state index in [-0.39, 0.29) is 0 Å². The van der Waals surface area contributed by atoms with Crippen molar-refractivity contribution in [2.24, 2.45) is 4.99 Å². The van der Waals surface area contributed by atoms with E-state index in [1.807, 2.05) is 48.5 Å². The summed E-state index contributed by atoms with van der Waals surface area (Å²) in [5, 5.41) is 4.04. The van der Waals surface area contributed by atoms with Gasteiger partial charge in [0.2, 0.25) is 0 Å². The van der Waals surface area contributed by atoms with Crippen LogP contribution in [0.1, 0.15) is 17.5 Å². The van der Waals surface area contributed by atoms with Crippen LogP contribution in [-0.4, -0.2) is 18.9 Å². The third kappa shape index (κ3) is 3.56. The molecule has 2 aromatic carbocycles. The topological polar surface area (TPSA) is 33.6 Å². The van der Waals surface area contributed by atoms with Gasteiger partial charge in [-0.15, -0.1) is 0 Å². The molecule has 3 nitrogen and oxygen atoms in total. The molecule has 0 spiro atoms. The minimum atomic E-state index is 0.470. The Labute approximate surface area is 129 Å². The first-order valence-corrected chi connectivity index (χ1v) is 7.46. The second-order valence-corrected chi connectivity index (χ2v) is 5.32. The molecule has 0 saturated carbocycles. The molecule has 0 saturated heterocycles. The maximum atomic E-state index is 6.11. The van der Waals surface area contributed by atoms with E-state index >= 15 is 0 Å². The molecule has 0 radical (unpaired) electrons. The minimum Gasteiger partial charge on any atom is -0.489 e. The summed E-state index contributed by atoms with van der Waals surface area (Å²) >= 11 is 6.11.